The van der Waals surface area contributed by atoms with Crippen molar-refractivity contribution in [2.24, 2.45) is 11.1 Å². The van der Waals surface area contributed by atoms with Crippen LogP contribution in [-0.2, 0) is 11.3 Å². The van der Waals surface area contributed by atoms with Crippen molar-refractivity contribution >= 4 is 28.9 Å². The molecule has 0 unspecified atom stereocenters. The van der Waals surface area contributed by atoms with E-state index in [1.165, 1.54) is 0 Å². The maximum absolute atomic E-state index is 6.04. The molecule has 4 nitrogen and oxygen atoms in total. The van der Waals surface area contributed by atoms with E-state index in [1.54, 1.807) is 6.08 Å². The Morgan fingerprint density at radius 3 is 2.50 bits per heavy atom. The third-order valence-corrected chi connectivity index (χ3v) is 4.30. The molecule has 0 bridgehead atoms. The minimum atomic E-state index is 0.206. The van der Waals surface area contributed by atoms with Crippen LogP contribution in [0.3, 0.4) is 0 Å². The molecule has 28 heavy (non-hydrogen) atoms. The van der Waals surface area contributed by atoms with Crippen molar-refractivity contribution in [3.05, 3.63) is 33.8 Å². The second-order valence-electron chi connectivity index (χ2n) is 7.20. The van der Waals surface area contributed by atoms with E-state index in [0.717, 1.165) is 54.0 Å². The maximum Gasteiger partial charge on any atom is 0.125 e. The van der Waals surface area contributed by atoms with E-state index < -0.39 is 0 Å². The summed E-state index contributed by atoms with van der Waals surface area (Å²) in [4.78, 5) is 5.38. The number of rotatable bonds is 13. The number of benzene rings is 1. The first-order valence-corrected chi connectivity index (χ1v) is 10.6. The predicted octanol–water partition coefficient (Wildman–Crippen LogP) is 6.85. The zero-order chi connectivity index (χ0) is 20.9. The molecule has 0 fully saturated rings. The molecule has 1 aromatic carbocycles. The van der Waals surface area contributed by atoms with Crippen LogP contribution in [0.5, 0.6) is 11.5 Å². The quantitative estimate of drug-likeness (QED) is 0.195. The van der Waals surface area contributed by atoms with E-state index in [1.807, 2.05) is 26.0 Å². The van der Waals surface area contributed by atoms with Crippen molar-refractivity contribution in [3.8, 4) is 11.5 Å². The van der Waals surface area contributed by atoms with Gasteiger partial charge in [0.2, 0.25) is 0 Å². The number of aryl methyl sites for hydroxylation is 2. The summed E-state index contributed by atoms with van der Waals surface area (Å²) in [6.45, 7) is 12.1. The Kier molecular flexibility index (Phi) is 12.1. The monoisotopic (exact) mass is 429 g/mol. The Morgan fingerprint density at radius 1 is 1.14 bits per heavy atom. The van der Waals surface area contributed by atoms with Gasteiger partial charge >= 0.3 is 0 Å². The summed E-state index contributed by atoms with van der Waals surface area (Å²) in [7, 11) is 0. The first kappa shape index (κ1) is 24.6. The molecular weight excluding hydrogens is 397 g/mol. The predicted molar refractivity (Wildman–Crippen MR) is 119 cm³/mol. The minimum absolute atomic E-state index is 0.206. The summed E-state index contributed by atoms with van der Waals surface area (Å²) in [6.07, 6.45) is 5.28. The lowest BCUT2D eigenvalue weighted by Gasteiger charge is -2.15. The molecule has 0 spiro atoms. The lowest BCUT2D eigenvalue weighted by Crippen LogP contribution is -2.05. The van der Waals surface area contributed by atoms with Crippen LogP contribution in [0.4, 0.5) is 0 Å². The number of hydrogen-bond donors (Lipinski definition) is 0. The molecule has 1 aromatic rings. The van der Waals surface area contributed by atoms with Gasteiger partial charge in [-0.1, -0.05) is 49.1 Å². The summed E-state index contributed by atoms with van der Waals surface area (Å²) in [5, 5.41) is 4.15. The average molecular weight is 430 g/mol. The molecule has 0 aliphatic rings. The fourth-order valence-corrected chi connectivity index (χ4v) is 2.92. The van der Waals surface area contributed by atoms with Gasteiger partial charge in [-0.3, -0.25) is 0 Å². The summed E-state index contributed by atoms with van der Waals surface area (Å²) in [5.74, 6) is 2.33. The zero-order valence-corrected chi connectivity index (χ0v) is 19.2. The van der Waals surface area contributed by atoms with E-state index in [-0.39, 0.29) is 4.49 Å². The fourth-order valence-electron chi connectivity index (χ4n) is 2.79. The highest BCUT2D eigenvalue weighted by Gasteiger charge is 2.09. The lowest BCUT2D eigenvalue weighted by molar-refractivity contribution is 0.134. The van der Waals surface area contributed by atoms with E-state index in [2.05, 4.69) is 25.9 Å². The topological polar surface area (TPSA) is 40.0 Å². The van der Waals surface area contributed by atoms with Crippen LogP contribution >= 0.6 is 23.2 Å². The molecular formula is C22H33Cl2NO3. The van der Waals surface area contributed by atoms with Crippen LogP contribution in [0, 0.1) is 12.8 Å². The first-order chi connectivity index (χ1) is 13.3. The van der Waals surface area contributed by atoms with E-state index in [0.29, 0.717) is 25.7 Å². The van der Waals surface area contributed by atoms with Crippen LogP contribution in [0.2, 0.25) is 0 Å². The largest absolute Gasteiger partial charge is 0.493 e. The fraction of sp³-hybridized carbons (Fsp3) is 0.591. The van der Waals surface area contributed by atoms with E-state index in [9.17, 15) is 0 Å². The van der Waals surface area contributed by atoms with Crippen molar-refractivity contribution in [1.29, 1.82) is 0 Å². The van der Waals surface area contributed by atoms with Crippen LogP contribution in [0.25, 0.3) is 0 Å². The van der Waals surface area contributed by atoms with Crippen LogP contribution in [0.1, 0.15) is 58.1 Å². The minimum Gasteiger partial charge on any atom is -0.493 e. The molecule has 0 radical (unpaired) electrons. The Hall–Kier alpha value is -1.39. The molecule has 0 N–H and O–H groups in total. The van der Waals surface area contributed by atoms with Gasteiger partial charge in [-0.15, -0.1) is 0 Å². The number of nitrogens with zero attached hydrogens (tertiary/aromatic N) is 1. The molecule has 0 heterocycles. The highest BCUT2D eigenvalue weighted by Crippen LogP contribution is 2.30. The van der Waals surface area contributed by atoms with Crippen LogP contribution in [-0.4, -0.2) is 25.5 Å². The Labute approximate surface area is 179 Å². The average Bonchev–Trinajstić information content (AvgIpc) is 2.61. The van der Waals surface area contributed by atoms with Gasteiger partial charge in [-0.2, -0.15) is 0 Å². The van der Waals surface area contributed by atoms with Gasteiger partial charge in [0.15, 0.2) is 0 Å². The molecule has 0 atom stereocenters. The van der Waals surface area contributed by atoms with E-state index in [4.69, 9.17) is 37.5 Å². The second kappa shape index (κ2) is 13.7. The van der Waals surface area contributed by atoms with E-state index >= 15 is 0 Å². The van der Waals surface area contributed by atoms with Gasteiger partial charge in [0.1, 0.15) is 29.2 Å². The Bertz CT molecular complexity index is 653. The number of halogens is 2. The van der Waals surface area contributed by atoms with Gasteiger partial charge in [-0.25, -0.2) is 0 Å². The highest BCUT2D eigenvalue weighted by molar-refractivity contribution is 6.55. The molecule has 158 valence electrons. The smallest absolute Gasteiger partial charge is 0.125 e. The third kappa shape index (κ3) is 10.2. The summed E-state index contributed by atoms with van der Waals surface area (Å²) in [5.41, 5.74) is 3.22. The molecule has 1 rings (SSSR count). The van der Waals surface area contributed by atoms with Gasteiger partial charge in [-0.05, 0) is 74.8 Å². The number of ether oxygens (including phenoxy) is 2. The third-order valence-electron chi connectivity index (χ3n) is 3.99. The standard InChI is InChI=1S/C22H33Cl2NO3/c1-6-19-15-20(26-12-9-21(23)24)14-17(4)22(19)27-10-7-8-11-28-25-18(5)13-16(2)3/h9,14-16H,6-8,10-13H2,1-5H3. The van der Waals surface area contributed by atoms with Gasteiger partial charge in [0, 0.05) is 0 Å². The van der Waals surface area contributed by atoms with Crippen molar-refractivity contribution in [3.63, 3.8) is 0 Å². The maximum atomic E-state index is 6.04. The number of oxime groups is 1. The normalized spacial score (nSPS) is 11.5. The molecule has 6 heteroatoms. The number of unbranched alkanes of at least 4 members (excludes halogenated alkanes) is 1. The Morgan fingerprint density at radius 2 is 1.86 bits per heavy atom. The van der Waals surface area contributed by atoms with Crippen molar-refractivity contribution in [2.75, 3.05) is 19.8 Å². The van der Waals surface area contributed by atoms with Crippen molar-refractivity contribution in [1.82, 2.24) is 0 Å². The molecule has 0 aliphatic carbocycles. The Balaban J connectivity index is 2.44. The van der Waals surface area contributed by atoms with Gasteiger partial charge in [0.05, 0.1) is 12.3 Å². The van der Waals surface area contributed by atoms with Crippen molar-refractivity contribution in [2.45, 2.75) is 60.3 Å². The van der Waals surface area contributed by atoms with Crippen LogP contribution in [0.15, 0.2) is 27.9 Å². The van der Waals surface area contributed by atoms with Crippen LogP contribution < -0.4 is 9.47 Å². The van der Waals surface area contributed by atoms with Gasteiger partial charge in [0.25, 0.3) is 0 Å². The first-order valence-electron chi connectivity index (χ1n) is 9.89. The van der Waals surface area contributed by atoms with Gasteiger partial charge < -0.3 is 14.3 Å². The summed E-state index contributed by atoms with van der Waals surface area (Å²) < 4.78 is 11.9. The molecule has 0 saturated heterocycles. The molecule has 0 amide bonds. The zero-order valence-electron chi connectivity index (χ0n) is 17.7. The molecule has 0 aromatic heterocycles. The highest BCUT2D eigenvalue weighted by atomic mass is 35.5. The van der Waals surface area contributed by atoms with Crippen molar-refractivity contribution < 1.29 is 14.3 Å². The lowest BCUT2D eigenvalue weighted by atomic mass is 10.1. The molecule has 0 aliphatic heterocycles. The second-order valence-corrected chi connectivity index (χ2v) is 8.21. The number of hydrogen-bond acceptors (Lipinski definition) is 4. The summed E-state index contributed by atoms with van der Waals surface area (Å²) in [6, 6.07) is 3.98. The molecule has 0 saturated carbocycles. The summed E-state index contributed by atoms with van der Waals surface area (Å²) >= 11 is 11.2. The SMILES string of the molecule is CCc1cc(OCC=C(Cl)Cl)cc(C)c1OCCCCON=C(C)CC(C)C.